The second-order valence-corrected chi connectivity index (χ2v) is 5.16. The van der Waals surface area contributed by atoms with Crippen molar-refractivity contribution in [3.63, 3.8) is 0 Å². The highest BCUT2D eigenvalue weighted by atomic mass is 32.2. The van der Waals surface area contributed by atoms with Crippen LogP contribution in [0.1, 0.15) is 27.2 Å². The van der Waals surface area contributed by atoms with Crippen molar-refractivity contribution < 1.29 is 22.7 Å². The van der Waals surface area contributed by atoms with Gasteiger partial charge in [0.2, 0.25) is 0 Å². The molecule has 0 aliphatic carbocycles. The zero-order chi connectivity index (χ0) is 12.1. The number of rotatable bonds is 5. The fourth-order valence-electron chi connectivity index (χ4n) is 0.786. The normalized spacial score (nSPS) is 12.7. The smallest absolute Gasteiger partial charge is 0.389 e. The Labute approximate surface area is 91.6 Å². The Balaban J connectivity index is 3.99. The van der Waals surface area contributed by atoms with Crippen molar-refractivity contribution in [3.05, 3.63) is 0 Å². The van der Waals surface area contributed by atoms with E-state index in [9.17, 15) is 18.0 Å². The molecule has 0 saturated carbocycles. The third kappa shape index (κ3) is 6.65. The first-order chi connectivity index (χ1) is 6.69. The van der Waals surface area contributed by atoms with E-state index < -0.39 is 23.3 Å². The molecule has 0 aliphatic heterocycles. The van der Waals surface area contributed by atoms with Crippen molar-refractivity contribution in [2.45, 2.75) is 38.1 Å². The minimum Gasteiger partial charge on any atom is -0.465 e. The Morgan fingerprint density at radius 3 is 2.27 bits per heavy atom. The molecule has 15 heavy (non-hydrogen) atoms. The number of esters is 1. The van der Waals surface area contributed by atoms with Crippen LogP contribution < -0.4 is 0 Å². The lowest BCUT2D eigenvalue weighted by atomic mass is 10.2. The Morgan fingerprint density at radius 1 is 1.33 bits per heavy atom. The summed E-state index contributed by atoms with van der Waals surface area (Å²) in [6.45, 7) is 5.02. The van der Waals surface area contributed by atoms with Crippen molar-refractivity contribution in [1.29, 1.82) is 0 Å². The molecule has 0 radical (unpaired) electrons. The van der Waals surface area contributed by atoms with Crippen molar-refractivity contribution in [2.24, 2.45) is 0 Å². The van der Waals surface area contributed by atoms with Crippen LogP contribution in [0.4, 0.5) is 13.2 Å². The molecule has 0 N–H and O–H groups in total. The maximum Gasteiger partial charge on any atom is 0.389 e. The predicted octanol–water partition coefficient (Wildman–Crippen LogP) is 3.01. The van der Waals surface area contributed by atoms with E-state index in [0.29, 0.717) is 0 Å². The molecule has 0 aromatic carbocycles. The van der Waals surface area contributed by atoms with Gasteiger partial charge in [-0.25, -0.2) is 0 Å². The highest BCUT2D eigenvalue weighted by molar-refractivity contribution is 8.01. The van der Waals surface area contributed by atoms with Crippen molar-refractivity contribution in [1.82, 2.24) is 0 Å². The van der Waals surface area contributed by atoms with Crippen molar-refractivity contribution in [2.75, 3.05) is 12.4 Å². The molecule has 0 bridgehead atoms. The van der Waals surface area contributed by atoms with Crippen LogP contribution in [0.2, 0.25) is 0 Å². The average Bonchev–Trinajstić information content (AvgIpc) is 2.01. The topological polar surface area (TPSA) is 26.3 Å². The van der Waals surface area contributed by atoms with Crippen LogP contribution >= 0.6 is 11.8 Å². The van der Waals surface area contributed by atoms with E-state index in [1.54, 1.807) is 20.8 Å². The highest BCUT2D eigenvalue weighted by Crippen LogP contribution is 2.30. The Hall–Kier alpha value is -0.390. The fraction of sp³-hybridized carbons (Fsp3) is 0.889. The van der Waals surface area contributed by atoms with Gasteiger partial charge in [0.15, 0.2) is 0 Å². The summed E-state index contributed by atoms with van der Waals surface area (Å²) >= 11 is 0.959. The zero-order valence-electron chi connectivity index (χ0n) is 8.98. The first-order valence-electron chi connectivity index (χ1n) is 4.57. The molecule has 90 valence electrons. The van der Waals surface area contributed by atoms with E-state index in [4.69, 9.17) is 4.74 Å². The molecular formula is C9H15F3O2S. The zero-order valence-corrected chi connectivity index (χ0v) is 9.80. The van der Waals surface area contributed by atoms with Gasteiger partial charge >= 0.3 is 12.1 Å². The molecule has 0 atom stereocenters. The van der Waals surface area contributed by atoms with Crippen LogP contribution in [0.15, 0.2) is 0 Å². The van der Waals surface area contributed by atoms with Gasteiger partial charge in [-0.2, -0.15) is 13.2 Å². The third-order valence-electron chi connectivity index (χ3n) is 1.62. The average molecular weight is 244 g/mol. The van der Waals surface area contributed by atoms with E-state index in [0.717, 1.165) is 11.8 Å². The predicted molar refractivity (Wildman–Crippen MR) is 53.8 cm³/mol. The molecule has 0 rings (SSSR count). The number of carbonyl (C=O) groups is 1. The summed E-state index contributed by atoms with van der Waals surface area (Å²) in [4.78, 5) is 11.3. The summed E-state index contributed by atoms with van der Waals surface area (Å²) in [7, 11) is 0. The van der Waals surface area contributed by atoms with E-state index in [2.05, 4.69) is 0 Å². The van der Waals surface area contributed by atoms with E-state index in [1.165, 1.54) is 0 Å². The first kappa shape index (κ1) is 14.6. The molecule has 0 unspecified atom stereocenters. The van der Waals surface area contributed by atoms with Gasteiger partial charge in [-0.15, -0.1) is 11.8 Å². The van der Waals surface area contributed by atoms with Gasteiger partial charge in [0.1, 0.15) is 4.75 Å². The van der Waals surface area contributed by atoms with Gasteiger partial charge < -0.3 is 4.74 Å². The summed E-state index contributed by atoms with van der Waals surface area (Å²) in [6.07, 6.45) is -5.06. The lowest BCUT2D eigenvalue weighted by Gasteiger charge is -2.21. The number of halogens is 3. The SMILES string of the molecule is CCOC(=O)C(C)(C)SCCC(F)(F)F. The molecule has 0 aliphatic rings. The standard InChI is InChI=1S/C9H15F3O2S/c1-4-14-7(13)8(2,3)15-6-5-9(10,11)12/h4-6H2,1-3H3. The molecule has 0 amide bonds. The van der Waals surface area contributed by atoms with Crippen LogP contribution in [0, 0.1) is 0 Å². The fourth-order valence-corrected chi connectivity index (χ4v) is 1.81. The summed E-state index contributed by atoms with van der Waals surface area (Å²) in [5.41, 5.74) is 0. The molecule has 0 spiro atoms. The molecule has 2 nitrogen and oxygen atoms in total. The number of hydrogen-bond donors (Lipinski definition) is 0. The van der Waals surface area contributed by atoms with Crippen molar-refractivity contribution in [3.8, 4) is 0 Å². The van der Waals surface area contributed by atoms with Crippen LogP contribution in [-0.4, -0.2) is 29.3 Å². The van der Waals surface area contributed by atoms with Crippen LogP contribution in [0.25, 0.3) is 0 Å². The molecule has 0 heterocycles. The van der Waals surface area contributed by atoms with E-state index >= 15 is 0 Å². The molecule has 6 heteroatoms. The first-order valence-corrected chi connectivity index (χ1v) is 5.55. The minimum absolute atomic E-state index is 0.130. The summed E-state index contributed by atoms with van der Waals surface area (Å²) in [5, 5.41) is 0. The summed E-state index contributed by atoms with van der Waals surface area (Å²) < 4.78 is 39.4. The Bertz CT molecular complexity index is 214. The minimum atomic E-state index is -4.17. The summed E-state index contributed by atoms with van der Waals surface area (Å²) in [6, 6.07) is 0. The Morgan fingerprint density at radius 2 is 1.87 bits per heavy atom. The van der Waals surface area contributed by atoms with Crippen molar-refractivity contribution >= 4 is 17.7 Å². The number of ether oxygens (including phenoxy) is 1. The maximum absolute atomic E-state index is 11.9. The van der Waals surface area contributed by atoms with E-state index in [1.807, 2.05) is 0 Å². The number of thioether (sulfide) groups is 1. The van der Waals surface area contributed by atoms with E-state index in [-0.39, 0.29) is 12.4 Å². The second kappa shape index (κ2) is 5.63. The molecular weight excluding hydrogens is 229 g/mol. The number of alkyl halides is 3. The molecule has 0 aromatic heterocycles. The second-order valence-electron chi connectivity index (χ2n) is 3.44. The monoisotopic (exact) mass is 244 g/mol. The highest BCUT2D eigenvalue weighted by Gasteiger charge is 2.33. The lowest BCUT2D eigenvalue weighted by molar-refractivity contribution is -0.145. The maximum atomic E-state index is 11.9. The molecule has 0 fully saturated rings. The van der Waals surface area contributed by atoms with Crippen LogP contribution in [0.5, 0.6) is 0 Å². The van der Waals surface area contributed by atoms with Gasteiger partial charge in [-0.05, 0) is 20.8 Å². The van der Waals surface area contributed by atoms with Gasteiger partial charge in [0.25, 0.3) is 0 Å². The van der Waals surface area contributed by atoms with Crippen LogP contribution in [-0.2, 0) is 9.53 Å². The van der Waals surface area contributed by atoms with Gasteiger partial charge in [-0.3, -0.25) is 4.79 Å². The number of hydrogen-bond acceptors (Lipinski definition) is 3. The summed E-state index contributed by atoms with van der Waals surface area (Å²) in [5.74, 6) is -0.604. The van der Waals surface area contributed by atoms with Gasteiger partial charge in [-0.1, -0.05) is 0 Å². The third-order valence-corrected chi connectivity index (χ3v) is 2.91. The molecule has 0 aromatic rings. The molecule has 0 saturated heterocycles. The Kier molecular flexibility index (Phi) is 5.48. The largest absolute Gasteiger partial charge is 0.465 e. The van der Waals surface area contributed by atoms with Crippen LogP contribution in [0.3, 0.4) is 0 Å². The number of carbonyl (C=O) groups excluding carboxylic acids is 1. The van der Waals surface area contributed by atoms with Gasteiger partial charge in [0.05, 0.1) is 13.0 Å². The lowest BCUT2D eigenvalue weighted by Crippen LogP contribution is -2.31. The van der Waals surface area contributed by atoms with Gasteiger partial charge in [0, 0.05) is 5.75 Å². The quantitative estimate of drug-likeness (QED) is 0.695.